The molecule has 3 atom stereocenters. The quantitative estimate of drug-likeness (QED) is 0.361. The second-order valence-electron chi connectivity index (χ2n) is 7.80. The second kappa shape index (κ2) is 11.9. The lowest BCUT2D eigenvalue weighted by Crippen LogP contribution is -2.13. The van der Waals surface area contributed by atoms with E-state index in [1.165, 1.54) is 56.9 Å². The van der Waals surface area contributed by atoms with Crippen LogP contribution in [0.3, 0.4) is 0 Å². The van der Waals surface area contributed by atoms with E-state index in [4.69, 9.17) is 0 Å². The molecule has 0 saturated carbocycles. The van der Waals surface area contributed by atoms with Crippen LogP contribution in [0, 0.1) is 5.92 Å². The number of hydrogen-bond acceptors (Lipinski definition) is 0. The summed E-state index contributed by atoms with van der Waals surface area (Å²) in [5.74, 6) is 2.28. The standard InChI is InChI=1S/C26H38/c1-4-14-23(24-16-9-7-10-17-24)21-13-20-22(6-3)26(15-5-2)25-18-11-8-12-19-25/h7-12,16-19,22-23,26H,4-6,13-15,20-21H2,1-3H3. The first kappa shape index (κ1) is 20.7. The van der Waals surface area contributed by atoms with Crippen molar-refractivity contribution in [2.45, 2.75) is 84.0 Å². The predicted octanol–water partition coefficient (Wildman–Crippen LogP) is 8.35. The average Bonchev–Trinajstić information content (AvgIpc) is 2.70. The highest BCUT2D eigenvalue weighted by Crippen LogP contribution is 2.36. The highest BCUT2D eigenvalue weighted by Gasteiger charge is 2.21. The van der Waals surface area contributed by atoms with Crippen LogP contribution in [-0.2, 0) is 0 Å². The lowest BCUT2D eigenvalue weighted by molar-refractivity contribution is 0.344. The summed E-state index contributed by atoms with van der Waals surface area (Å²) in [7, 11) is 0. The van der Waals surface area contributed by atoms with Crippen LogP contribution in [-0.4, -0.2) is 0 Å². The van der Waals surface area contributed by atoms with Gasteiger partial charge >= 0.3 is 0 Å². The van der Waals surface area contributed by atoms with Crippen molar-refractivity contribution in [3.63, 3.8) is 0 Å². The summed E-state index contributed by atoms with van der Waals surface area (Å²) in [6.45, 7) is 7.03. The Hall–Kier alpha value is -1.56. The van der Waals surface area contributed by atoms with Gasteiger partial charge in [0.15, 0.2) is 0 Å². The van der Waals surface area contributed by atoms with E-state index in [0.29, 0.717) is 0 Å². The smallest absolute Gasteiger partial charge is 0.0134 e. The summed E-state index contributed by atoms with van der Waals surface area (Å²) in [5, 5.41) is 0. The van der Waals surface area contributed by atoms with Crippen LogP contribution in [0.25, 0.3) is 0 Å². The molecule has 0 aliphatic carbocycles. The molecule has 26 heavy (non-hydrogen) atoms. The molecule has 0 nitrogen and oxygen atoms in total. The van der Waals surface area contributed by atoms with E-state index in [-0.39, 0.29) is 0 Å². The van der Waals surface area contributed by atoms with Gasteiger partial charge in [0.25, 0.3) is 0 Å². The van der Waals surface area contributed by atoms with Crippen LogP contribution in [0.4, 0.5) is 0 Å². The molecule has 2 rings (SSSR count). The Kier molecular flexibility index (Phi) is 9.53. The Labute approximate surface area is 162 Å². The molecular weight excluding hydrogens is 312 g/mol. The Balaban J connectivity index is 1.97. The van der Waals surface area contributed by atoms with E-state index in [9.17, 15) is 0 Å². The fourth-order valence-electron chi connectivity index (χ4n) is 4.55. The maximum Gasteiger partial charge on any atom is -0.0134 e. The SMILES string of the molecule is CCCC(CCCC(CC)C(CCC)c1ccccc1)c1ccccc1. The van der Waals surface area contributed by atoms with E-state index >= 15 is 0 Å². The molecule has 0 bridgehead atoms. The fraction of sp³-hybridized carbons (Fsp3) is 0.538. The van der Waals surface area contributed by atoms with Gasteiger partial charge in [0, 0.05) is 0 Å². The molecule has 0 N–H and O–H groups in total. The van der Waals surface area contributed by atoms with E-state index in [1.54, 1.807) is 5.56 Å². The molecule has 0 aromatic heterocycles. The van der Waals surface area contributed by atoms with Gasteiger partial charge in [-0.1, -0.05) is 107 Å². The third-order valence-corrected chi connectivity index (χ3v) is 5.96. The van der Waals surface area contributed by atoms with Crippen molar-refractivity contribution in [2.24, 2.45) is 5.92 Å². The third-order valence-electron chi connectivity index (χ3n) is 5.96. The summed E-state index contributed by atoms with van der Waals surface area (Å²) in [6, 6.07) is 22.4. The first-order valence-electron chi connectivity index (χ1n) is 10.9. The van der Waals surface area contributed by atoms with Crippen LogP contribution < -0.4 is 0 Å². The van der Waals surface area contributed by atoms with Gasteiger partial charge < -0.3 is 0 Å². The van der Waals surface area contributed by atoms with Crippen molar-refractivity contribution < 1.29 is 0 Å². The predicted molar refractivity (Wildman–Crippen MR) is 116 cm³/mol. The number of hydrogen-bond donors (Lipinski definition) is 0. The van der Waals surface area contributed by atoms with E-state index in [0.717, 1.165) is 17.8 Å². The largest absolute Gasteiger partial charge is 0.0654 e. The highest BCUT2D eigenvalue weighted by molar-refractivity contribution is 5.21. The first-order chi connectivity index (χ1) is 12.8. The molecule has 0 heterocycles. The van der Waals surface area contributed by atoms with Crippen molar-refractivity contribution >= 4 is 0 Å². The minimum absolute atomic E-state index is 0.729. The van der Waals surface area contributed by atoms with E-state index < -0.39 is 0 Å². The maximum absolute atomic E-state index is 2.39. The summed E-state index contributed by atoms with van der Waals surface area (Å²) < 4.78 is 0. The van der Waals surface area contributed by atoms with Crippen molar-refractivity contribution in [3.8, 4) is 0 Å². The zero-order valence-corrected chi connectivity index (χ0v) is 17.2. The molecule has 0 radical (unpaired) electrons. The molecule has 0 amide bonds. The van der Waals surface area contributed by atoms with Gasteiger partial charge in [-0.3, -0.25) is 0 Å². The zero-order valence-electron chi connectivity index (χ0n) is 17.2. The number of rotatable bonds is 12. The Morgan fingerprint density at radius 2 is 1.19 bits per heavy atom. The molecule has 142 valence electrons. The third kappa shape index (κ3) is 6.31. The first-order valence-corrected chi connectivity index (χ1v) is 10.9. The van der Waals surface area contributed by atoms with Crippen molar-refractivity contribution in [1.82, 2.24) is 0 Å². The van der Waals surface area contributed by atoms with Crippen LogP contribution in [0.1, 0.15) is 95.1 Å². The molecule has 0 aliphatic rings. The van der Waals surface area contributed by atoms with Crippen LogP contribution in [0.5, 0.6) is 0 Å². The summed E-state index contributed by atoms with van der Waals surface area (Å²) in [6.07, 6.45) is 10.5. The van der Waals surface area contributed by atoms with Gasteiger partial charge in [-0.15, -0.1) is 0 Å². The van der Waals surface area contributed by atoms with Gasteiger partial charge in [-0.2, -0.15) is 0 Å². The summed E-state index contributed by atoms with van der Waals surface area (Å²) >= 11 is 0. The fourth-order valence-corrected chi connectivity index (χ4v) is 4.55. The van der Waals surface area contributed by atoms with Gasteiger partial charge in [-0.05, 0) is 54.6 Å². The van der Waals surface area contributed by atoms with Gasteiger partial charge in [-0.25, -0.2) is 0 Å². The average molecular weight is 351 g/mol. The molecule has 2 aromatic rings. The van der Waals surface area contributed by atoms with Crippen LogP contribution >= 0.6 is 0 Å². The minimum atomic E-state index is 0.729. The summed E-state index contributed by atoms with van der Waals surface area (Å²) in [5.41, 5.74) is 3.09. The maximum atomic E-state index is 2.39. The van der Waals surface area contributed by atoms with Gasteiger partial charge in [0.1, 0.15) is 0 Å². The Morgan fingerprint density at radius 1 is 0.615 bits per heavy atom. The van der Waals surface area contributed by atoms with Crippen LogP contribution in [0.2, 0.25) is 0 Å². The minimum Gasteiger partial charge on any atom is -0.0654 e. The molecule has 2 aromatic carbocycles. The molecule has 0 spiro atoms. The molecule has 0 fully saturated rings. The lowest BCUT2D eigenvalue weighted by Gasteiger charge is -2.27. The number of benzene rings is 2. The highest BCUT2D eigenvalue weighted by atomic mass is 14.3. The lowest BCUT2D eigenvalue weighted by atomic mass is 9.78. The van der Waals surface area contributed by atoms with E-state index in [2.05, 4.69) is 81.4 Å². The monoisotopic (exact) mass is 350 g/mol. The topological polar surface area (TPSA) is 0 Å². The molecule has 3 unspecified atom stereocenters. The Morgan fingerprint density at radius 3 is 1.73 bits per heavy atom. The normalized spacial score (nSPS) is 14.7. The van der Waals surface area contributed by atoms with Gasteiger partial charge in [0.2, 0.25) is 0 Å². The van der Waals surface area contributed by atoms with E-state index in [1.807, 2.05) is 0 Å². The van der Waals surface area contributed by atoms with Crippen LogP contribution in [0.15, 0.2) is 60.7 Å². The molecule has 0 saturated heterocycles. The second-order valence-corrected chi connectivity index (χ2v) is 7.80. The zero-order chi connectivity index (χ0) is 18.6. The summed E-state index contributed by atoms with van der Waals surface area (Å²) in [4.78, 5) is 0. The van der Waals surface area contributed by atoms with Crippen molar-refractivity contribution in [3.05, 3.63) is 71.8 Å². The molecular formula is C26H38. The van der Waals surface area contributed by atoms with Crippen molar-refractivity contribution in [1.29, 1.82) is 0 Å². The van der Waals surface area contributed by atoms with Gasteiger partial charge in [0.05, 0.1) is 0 Å². The molecule has 0 aliphatic heterocycles. The van der Waals surface area contributed by atoms with Crippen molar-refractivity contribution in [2.75, 3.05) is 0 Å². The Bertz CT molecular complexity index is 572. The molecule has 0 heteroatoms.